The maximum absolute atomic E-state index is 12.6. The molecule has 5 rings (SSSR count). The van der Waals surface area contributed by atoms with Crippen molar-refractivity contribution < 1.29 is 4.79 Å². The SMILES string of the molecule is O=C1C2CCN(CC2)C1Cc1ccccc1-c1ccncc1. The number of hydrogen-bond donors (Lipinski definition) is 0. The van der Waals surface area contributed by atoms with Crippen LogP contribution in [0.5, 0.6) is 0 Å². The van der Waals surface area contributed by atoms with Crippen molar-refractivity contribution in [2.75, 3.05) is 13.1 Å². The van der Waals surface area contributed by atoms with Crippen LogP contribution in [0.3, 0.4) is 0 Å². The van der Waals surface area contributed by atoms with Crippen LogP contribution in [0.1, 0.15) is 18.4 Å². The lowest BCUT2D eigenvalue weighted by Gasteiger charge is -2.44. The lowest BCUT2D eigenvalue weighted by atomic mass is 9.79. The van der Waals surface area contributed by atoms with Crippen LogP contribution in [0.25, 0.3) is 11.1 Å². The maximum Gasteiger partial charge on any atom is 0.153 e. The van der Waals surface area contributed by atoms with Gasteiger partial charge in [0.25, 0.3) is 0 Å². The molecule has 0 N–H and O–H groups in total. The quantitative estimate of drug-likeness (QED) is 0.872. The number of Topliss-reactive ketones (excluding diaryl/α,β-unsaturated/α-hetero) is 1. The van der Waals surface area contributed by atoms with Crippen LogP contribution in [0.15, 0.2) is 48.8 Å². The van der Waals surface area contributed by atoms with E-state index in [2.05, 4.69) is 34.1 Å². The van der Waals surface area contributed by atoms with Gasteiger partial charge in [-0.3, -0.25) is 14.7 Å². The van der Waals surface area contributed by atoms with Gasteiger partial charge in [-0.1, -0.05) is 24.3 Å². The first-order valence-electron chi connectivity index (χ1n) is 8.09. The van der Waals surface area contributed by atoms with Crippen molar-refractivity contribution in [2.45, 2.75) is 25.3 Å². The van der Waals surface area contributed by atoms with Gasteiger partial charge >= 0.3 is 0 Å². The van der Waals surface area contributed by atoms with E-state index < -0.39 is 0 Å². The first kappa shape index (κ1) is 13.6. The van der Waals surface area contributed by atoms with Gasteiger partial charge in [0.05, 0.1) is 6.04 Å². The molecular formula is C19H20N2O. The number of piperidine rings is 3. The largest absolute Gasteiger partial charge is 0.298 e. The van der Waals surface area contributed by atoms with Crippen LogP contribution in [0.4, 0.5) is 0 Å². The summed E-state index contributed by atoms with van der Waals surface area (Å²) in [6.07, 6.45) is 6.59. The Morgan fingerprint density at radius 1 is 1.05 bits per heavy atom. The second kappa shape index (κ2) is 5.65. The predicted octanol–water partition coefficient (Wildman–Crippen LogP) is 2.95. The molecule has 3 heteroatoms. The Morgan fingerprint density at radius 3 is 2.50 bits per heavy atom. The molecule has 1 unspecified atom stereocenters. The summed E-state index contributed by atoms with van der Waals surface area (Å²) in [5.74, 6) is 0.769. The average molecular weight is 292 g/mol. The molecule has 22 heavy (non-hydrogen) atoms. The Bertz CT molecular complexity index is 675. The van der Waals surface area contributed by atoms with Crippen molar-refractivity contribution in [3.05, 3.63) is 54.4 Å². The number of carbonyl (C=O) groups excluding carboxylic acids is 1. The molecule has 3 nitrogen and oxygen atoms in total. The van der Waals surface area contributed by atoms with E-state index >= 15 is 0 Å². The number of nitrogens with zero attached hydrogens (tertiary/aromatic N) is 2. The summed E-state index contributed by atoms with van der Waals surface area (Å²) in [6.45, 7) is 2.16. The molecular weight excluding hydrogens is 272 g/mol. The Kier molecular flexibility index (Phi) is 3.51. The molecule has 0 radical (unpaired) electrons. The van der Waals surface area contributed by atoms with Crippen molar-refractivity contribution in [2.24, 2.45) is 5.92 Å². The molecule has 1 aromatic carbocycles. The van der Waals surface area contributed by atoms with E-state index in [1.807, 2.05) is 24.5 Å². The molecule has 4 heterocycles. The Hall–Kier alpha value is -2.00. The van der Waals surface area contributed by atoms with Crippen LogP contribution in [0, 0.1) is 5.92 Å². The third kappa shape index (κ3) is 2.35. The monoisotopic (exact) mass is 292 g/mol. The third-order valence-corrected chi connectivity index (χ3v) is 5.12. The summed E-state index contributed by atoms with van der Waals surface area (Å²) >= 11 is 0. The van der Waals surface area contributed by atoms with Gasteiger partial charge in [-0.25, -0.2) is 0 Å². The summed E-state index contributed by atoms with van der Waals surface area (Å²) in [5, 5.41) is 0. The number of ketones is 1. The molecule has 0 amide bonds. The van der Waals surface area contributed by atoms with Crippen molar-refractivity contribution in [3.8, 4) is 11.1 Å². The smallest absolute Gasteiger partial charge is 0.153 e. The molecule has 1 atom stereocenters. The number of carbonyl (C=O) groups is 1. The van der Waals surface area contributed by atoms with E-state index in [0.29, 0.717) is 11.7 Å². The van der Waals surface area contributed by atoms with Crippen molar-refractivity contribution in [1.82, 2.24) is 9.88 Å². The molecule has 2 bridgehead atoms. The predicted molar refractivity (Wildman–Crippen MR) is 86.5 cm³/mol. The van der Waals surface area contributed by atoms with Crippen molar-refractivity contribution in [1.29, 1.82) is 0 Å². The minimum atomic E-state index is 0.0792. The molecule has 3 fully saturated rings. The second-order valence-electron chi connectivity index (χ2n) is 6.33. The molecule has 0 aliphatic carbocycles. The van der Waals surface area contributed by atoms with Gasteiger partial charge in [0.1, 0.15) is 0 Å². The van der Waals surface area contributed by atoms with Crippen LogP contribution < -0.4 is 0 Å². The summed E-state index contributed by atoms with van der Waals surface area (Å²) in [5.41, 5.74) is 3.66. The molecule has 1 aromatic heterocycles. The summed E-state index contributed by atoms with van der Waals surface area (Å²) in [6, 6.07) is 12.6. The summed E-state index contributed by atoms with van der Waals surface area (Å²) < 4.78 is 0. The fourth-order valence-electron chi connectivity index (χ4n) is 3.90. The lowest BCUT2D eigenvalue weighted by molar-refractivity contribution is -0.136. The summed E-state index contributed by atoms with van der Waals surface area (Å²) in [7, 11) is 0. The maximum atomic E-state index is 12.6. The van der Waals surface area contributed by atoms with E-state index in [9.17, 15) is 4.79 Å². The highest BCUT2D eigenvalue weighted by Gasteiger charge is 2.40. The molecule has 0 spiro atoms. The normalized spacial score (nSPS) is 27.1. The van der Waals surface area contributed by atoms with Crippen molar-refractivity contribution in [3.63, 3.8) is 0 Å². The van der Waals surface area contributed by atoms with E-state index in [1.54, 1.807) is 0 Å². The zero-order valence-electron chi connectivity index (χ0n) is 12.6. The molecule has 112 valence electrons. The fourth-order valence-corrected chi connectivity index (χ4v) is 3.90. The third-order valence-electron chi connectivity index (χ3n) is 5.12. The number of pyridine rings is 1. The minimum absolute atomic E-state index is 0.0792. The van der Waals surface area contributed by atoms with Crippen LogP contribution >= 0.6 is 0 Å². The fraction of sp³-hybridized carbons (Fsp3) is 0.368. The van der Waals surface area contributed by atoms with Gasteiger partial charge in [-0.2, -0.15) is 0 Å². The van der Waals surface area contributed by atoms with Crippen LogP contribution in [-0.4, -0.2) is 34.8 Å². The Morgan fingerprint density at radius 2 is 1.77 bits per heavy atom. The Balaban J connectivity index is 1.65. The lowest BCUT2D eigenvalue weighted by Crippen LogP contribution is -2.56. The highest BCUT2D eigenvalue weighted by molar-refractivity contribution is 5.88. The molecule has 0 saturated carbocycles. The number of aromatic nitrogens is 1. The van der Waals surface area contributed by atoms with Crippen LogP contribution in [0.2, 0.25) is 0 Å². The van der Waals surface area contributed by atoms with E-state index in [4.69, 9.17) is 0 Å². The number of rotatable bonds is 3. The standard InChI is InChI=1S/C19H20N2O/c22-19-15-7-11-21(12-8-15)18(19)13-16-3-1-2-4-17(16)14-5-9-20-10-6-14/h1-6,9-10,15,18H,7-8,11-13H2. The van der Waals surface area contributed by atoms with Crippen molar-refractivity contribution >= 4 is 5.78 Å². The molecule has 3 saturated heterocycles. The number of hydrogen-bond acceptors (Lipinski definition) is 3. The van der Waals surface area contributed by atoms with E-state index in [-0.39, 0.29) is 6.04 Å². The molecule has 3 aliphatic rings. The van der Waals surface area contributed by atoms with Crippen LogP contribution in [-0.2, 0) is 11.2 Å². The first-order chi connectivity index (χ1) is 10.8. The second-order valence-corrected chi connectivity index (χ2v) is 6.33. The van der Waals surface area contributed by atoms with Gasteiger partial charge in [0, 0.05) is 18.3 Å². The molecule has 2 aromatic rings. The first-order valence-corrected chi connectivity index (χ1v) is 8.09. The van der Waals surface area contributed by atoms with Gasteiger partial charge in [-0.15, -0.1) is 0 Å². The highest BCUT2D eigenvalue weighted by Crippen LogP contribution is 2.32. The van der Waals surface area contributed by atoms with Gasteiger partial charge < -0.3 is 0 Å². The number of fused-ring (bicyclic) bond motifs is 3. The average Bonchev–Trinajstić information content (AvgIpc) is 2.60. The number of benzene rings is 1. The summed E-state index contributed by atoms with van der Waals surface area (Å²) in [4.78, 5) is 19.1. The highest BCUT2D eigenvalue weighted by atomic mass is 16.1. The zero-order chi connectivity index (χ0) is 14.9. The van der Waals surface area contributed by atoms with Gasteiger partial charge in [-0.05, 0) is 61.2 Å². The zero-order valence-corrected chi connectivity index (χ0v) is 12.6. The molecule has 3 aliphatic heterocycles. The van der Waals surface area contributed by atoms with E-state index in [0.717, 1.165) is 32.4 Å². The topological polar surface area (TPSA) is 33.2 Å². The minimum Gasteiger partial charge on any atom is -0.298 e. The van der Waals surface area contributed by atoms with Gasteiger partial charge in [0.15, 0.2) is 5.78 Å². The van der Waals surface area contributed by atoms with Gasteiger partial charge in [0.2, 0.25) is 0 Å². The van der Waals surface area contributed by atoms with E-state index in [1.165, 1.54) is 16.7 Å². The Labute approximate surface area is 131 Å².